The van der Waals surface area contributed by atoms with Crippen molar-refractivity contribution in [2.75, 3.05) is 5.73 Å². The summed E-state index contributed by atoms with van der Waals surface area (Å²) in [6, 6.07) is 5.85. The number of rotatable bonds is 5. The maximum Gasteiger partial charge on any atom is 0.408 e. The summed E-state index contributed by atoms with van der Waals surface area (Å²) in [7, 11) is 0. The minimum Gasteiger partial charge on any atom is -0.382 e. The van der Waals surface area contributed by atoms with E-state index in [9.17, 15) is 13.2 Å². The normalized spacial score (nSPS) is 12.9. The number of nitrogens with one attached hydrogen (secondary N) is 1. The molecule has 0 unspecified atom stereocenters. The Morgan fingerprint density at radius 2 is 1.96 bits per heavy atom. The van der Waals surface area contributed by atoms with E-state index in [0.717, 1.165) is 17.5 Å². The van der Waals surface area contributed by atoms with Crippen LogP contribution in [0.15, 0.2) is 45.8 Å². The van der Waals surface area contributed by atoms with Gasteiger partial charge in [-0.25, -0.2) is 9.71 Å². The molecule has 0 amide bonds. The summed E-state index contributed by atoms with van der Waals surface area (Å²) in [5.74, 6) is 0.134. The van der Waals surface area contributed by atoms with Gasteiger partial charge in [-0.3, -0.25) is 0 Å². The molecule has 0 radical (unpaired) electrons. The van der Waals surface area contributed by atoms with E-state index >= 15 is 0 Å². The minimum absolute atomic E-state index is 0.132. The highest BCUT2D eigenvalue weighted by molar-refractivity contribution is 7.97. The average Bonchev–Trinajstić information content (AvgIpc) is 2.49. The topological polar surface area (TPSA) is 63.3 Å². The van der Waals surface area contributed by atoms with Gasteiger partial charge in [-0.1, -0.05) is 29.8 Å². The van der Waals surface area contributed by atoms with Crippen LogP contribution in [-0.4, -0.2) is 11.2 Å². The van der Waals surface area contributed by atoms with E-state index in [1.165, 1.54) is 24.4 Å². The van der Waals surface area contributed by atoms with Crippen LogP contribution in [0.1, 0.15) is 17.2 Å². The first-order valence-corrected chi connectivity index (χ1v) is 7.64. The number of benzene rings is 1. The van der Waals surface area contributed by atoms with Crippen LogP contribution >= 0.6 is 11.9 Å². The van der Waals surface area contributed by atoms with E-state index in [2.05, 4.69) is 26.5 Å². The number of halogens is 3. The molecule has 4 nitrogen and oxygen atoms in total. The fraction of sp³-hybridized carbons (Fsp3) is 0.214. The largest absolute Gasteiger partial charge is 0.408 e. The van der Waals surface area contributed by atoms with Crippen LogP contribution < -0.4 is 10.5 Å². The average molecular weight is 358 g/mol. The molecule has 0 aliphatic rings. The van der Waals surface area contributed by atoms with Crippen molar-refractivity contribution in [1.82, 2.24) is 9.71 Å². The van der Waals surface area contributed by atoms with Crippen molar-refractivity contribution in [3.63, 3.8) is 0 Å². The van der Waals surface area contributed by atoms with Crippen LogP contribution in [0.25, 0.3) is 0 Å². The Hall–Kier alpha value is -1.71. The Morgan fingerprint density at radius 1 is 1.30 bits per heavy atom. The lowest BCUT2D eigenvalue weighted by Crippen LogP contribution is -2.30. The van der Waals surface area contributed by atoms with Crippen LogP contribution in [0, 0.1) is 6.92 Å². The van der Waals surface area contributed by atoms with Crippen molar-refractivity contribution in [3.8, 4) is 0 Å². The van der Waals surface area contributed by atoms with Crippen molar-refractivity contribution in [1.29, 1.82) is 0 Å². The fourth-order valence-corrected chi connectivity index (χ4v) is 2.73. The molecule has 3 N–H and O–H groups in total. The zero-order valence-electron chi connectivity index (χ0n) is 12.0. The van der Waals surface area contributed by atoms with Gasteiger partial charge in [0.1, 0.15) is 17.5 Å². The number of anilines is 1. The second-order valence-corrected chi connectivity index (χ2v) is 5.87. The van der Waals surface area contributed by atoms with E-state index in [1.54, 1.807) is 12.1 Å². The van der Waals surface area contributed by atoms with Gasteiger partial charge in [-0.2, -0.15) is 17.5 Å². The van der Waals surface area contributed by atoms with Crippen molar-refractivity contribution in [3.05, 3.63) is 47.7 Å². The summed E-state index contributed by atoms with van der Waals surface area (Å²) in [4.78, 5) is 4.28. The number of aromatic nitrogens is 1. The smallest absolute Gasteiger partial charge is 0.382 e. The van der Waals surface area contributed by atoms with Crippen molar-refractivity contribution >= 4 is 35.9 Å². The summed E-state index contributed by atoms with van der Waals surface area (Å²) >= 11 is 5.34. The lowest BCUT2D eigenvalue weighted by Gasteiger charge is -2.21. The summed E-state index contributed by atoms with van der Waals surface area (Å²) in [6.07, 6.45) is -3.08. The number of nitrogens with two attached hydrogens (primary N) is 1. The summed E-state index contributed by atoms with van der Waals surface area (Å²) in [5.41, 5.74) is 6.83. The molecule has 0 spiro atoms. The molecular formula is C14H13F3N4S2. The van der Waals surface area contributed by atoms with Crippen LogP contribution in [0.5, 0.6) is 0 Å². The van der Waals surface area contributed by atoms with E-state index in [-0.39, 0.29) is 17.1 Å². The van der Waals surface area contributed by atoms with Gasteiger partial charge in [-0.05, 0) is 30.5 Å². The molecule has 1 aromatic carbocycles. The SMILES string of the molecule is Cc1ccc([C@@H](NSc2cnc(N)c(N=S)c2)C(F)(F)F)cc1. The first-order chi connectivity index (χ1) is 10.8. The standard InChI is InChI=1S/C14H13F3N4S2/c1-8-2-4-9(5-3-8)12(14(15,16)17)21-23-10-6-11(20-22)13(18)19-7-10/h2-7,12,21H,1H3,(H2,18,19)/t12-/m1/s1. The molecule has 0 saturated heterocycles. The van der Waals surface area contributed by atoms with Gasteiger partial charge in [0.15, 0.2) is 0 Å². The van der Waals surface area contributed by atoms with E-state index < -0.39 is 12.2 Å². The minimum atomic E-state index is -4.44. The highest BCUT2D eigenvalue weighted by atomic mass is 32.2. The van der Waals surface area contributed by atoms with E-state index in [0.29, 0.717) is 4.90 Å². The van der Waals surface area contributed by atoms with E-state index in [4.69, 9.17) is 5.73 Å². The molecule has 0 fully saturated rings. The maximum atomic E-state index is 13.3. The van der Waals surface area contributed by atoms with Gasteiger partial charge in [0, 0.05) is 23.5 Å². The fourth-order valence-electron chi connectivity index (χ4n) is 1.78. The summed E-state index contributed by atoms with van der Waals surface area (Å²) in [5, 5.41) is 0. The quantitative estimate of drug-likeness (QED) is 0.783. The van der Waals surface area contributed by atoms with Crippen LogP contribution in [0.2, 0.25) is 0 Å². The number of aryl methyl sites for hydroxylation is 1. The van der Waals surface area contributed by atoms with Gasteiger partial charge in [0.05, 0.1) is 0 Å². The second-order valence-electron chi connectivity index (χ2n) is 4.77. The third-order valence-electron chi connectivity index (χ3n) is 3.00. The van der Waals surface area contributed by atoms with Gasteiger partial charge >= 0.3 is 6.18 Å². The molecule has 23 heavy (non-hydrogen) atoms. The zero-order chi connectivity index (χ0) is 17.0. The molecule has 2 rings (SSSR count). The van der Waals surface area contributed by atoms with Crippen LogP contribution in [0.4, 0.5) is 24.7 Å². The Kier molecular flexibility index (Phi) is 5.55. The third-order valence-corrected chi connectivity index (χ3v) is 4.01. The highest BCUT2D eigenvalue weighted by Crippen LogP contribution is 2.36. The lowest BCUT2D eigenvalue weighted by atomic mass is 10.1. The number of pyridine rings is 1. The first-order valence-electron chi connectivity index (χ1n) is 6.46. The molecule has 0 bridgehead atoms. The number of alkyl halides is 3. The maximum absolute atomic E-state index is 13.3. The molecular weight excluding hydrogens is 345 g/mol. The van der Waals surface area contributed by atoms with Gasteiger partial charge < -0.3 is 5.73 Å². The Labute approximate surface area is 141 Å². The Balaban J connectivity index is 2.19. The predicted octanol–water partition coefficient (Wildman–Crippen LogP) is 4.23. The number of hydrogen-bond acceptors (Lipinski definition) is 6. The molecule has 9 heteroatoms. The Bertz CT molecular complexity index is 689. The molecule has 0 saturated carbocycles. The zero-order valence-corrected chi connectivity index (χ0v) is 13.6. The van der Waals surface area contributed by atoms with Crippen molar-refractivity contribution in [2.24, 2.45) is 4.36 Å². The molecule has 122 valence electrons. The predicted molar refractivity (Wildman–Crippen MR) is 87.1 cm³/mol. The monoisotopic (exact) mass is 358 g/mol. The van der Waals surface area contributed by atoms with E-state index in [1.807, 2.05) is 6.92 Å². The second kappa shape index (κ2) is 7.24. The van der Waals surface area contributed by atoms with Crippen LogP contribution in [0.3, 0.4) is 0 Å². The summed E-state index contributed by atoms with van der Waals surface area (Å²) in [6.45, 7) is 1.81. The van der Waals surface area contributed by atoms with Crippen LogP contribution in [-0.2, 0) is 12.4 Å². The highest BCUT2D eigenvalue weighted by Gasteiger charge is 2.40. The first kappa shape index (κ1) is 17.6. The van der Waals surface area contributed by atoms with Crippen molar-refractivity contribution < 1.29 is 13.2 Å². The lowest BCUT2D eigenvalue weighted by molar-refractivity contribution is -0.152. The molecule has 0 aliphatic heterocycles. The summed E-state index contributed by atoms with van der Waals surface area (Å²) < 4.78 is 45.7. The molecule has 2 aromatic rings. The molecule has 1 heterocycles. The number of nitrogens with zero attached hydrogens (tertiary/aromatic N) is 2. The van der Waals surface area contributed by atoms with Gasteiger partial charge in [-0.15, -0.1) is 0 Å². The van der Waals surface area contributed by atoms with Crippen molar-refractivity contribution in [2.45, 2.75) is 24.0 Å². The molecule has 1 aromatic heterocycles. The third kappa shape index (κ3) is 4.63. The van der Waals surface area contributed by atoms with Gasteiger partial charge in [0.25, 0.3) is 0 Å². The number of hydrogen-bond donors (Lipinski definition) is 2. The molecule has 1 atom stereocenters. The number of nitrogen functional groups attached to an aromatic ring is 1. The molecule has 0 aliphatic carbocycles. The van der Waals surface area contributed by atoms with Gasteiger partial charge in [0.2, 0.25) is 0 Å². The Morgan fingerprint density at radius 3 is 2.52 bits per heavy atom.